The van der Waals surface area contributed by atoms with E-state index < -0.39 is 0 Å². The van der Waals surface area contributed by atoms with Crippen molar-refractivity contribution in [3.63, 3.8) is 0 Å². The van der Waals surface area contributed by atoms with Gasteiger partial charge in [0.25, 0.3) is 5.91 Å². The summed E-state index contributed by atoms with van der Waals surface area (Å²) in [6.45, 7) is 3.64. The number of nitrogens with zero attached hydrogens (tertiary/aromatic N) is 3. The van der Waals surface area contributed by atoms with Gasteiger partial charge >= 0.3 is 0 Å². The number of fused-ring (bicyclic) bond motifs is 1. The molecule has 3 aromatic rings. The highest BCUT2D eigenvalue weighted by molar-refractivity contribution is 7.13. The standard InChI is InChI=1S/C20H19N3O4S/c1-12-2-5-17(28-12)20(24)23-8-6-13(7-9-23)19-21-18(22-27-19)14-3-4-15-16(10-14)26-11-25-15/h2-5,10,13H,6-9,11H2,1H3. The number of carbonyl (C=O) groups excluding carboxylic acids is 1. The van der Waals surface area contributed by atoms with Crippen LogP contribution in [0.4, 0.5) is 0 Å². The van der Waals surface area contributed by atoms with Crippen LogP contribution in [0, 0.1) is 6.92 Å². The Morgan fingerprint density at radius 3 is 2.75 bits per heavy atom. The van der Waals surface area contributed by atoms with Gasteiger partial charge in [0.05, 0.1) is 4.88 Å². The number of carbonyl (C=O) groups is 1. The Morgan fingerprint density at radius 1 is 1.14 bits per heavy atom. The Kier molecular flexibility index (Phi) is 4.27. The molecule has 0 atom stereocenters. The van der Waals surface area contributed by atoms with Gasteiger partial charge in [-0.1, -0.05) is 5.16 Å². The minimum atomic E-state index is 0.114. The molecule has 0 bridgehead atoms. The highest BCUT2D eigenvalue weighted by Gasteiger charge is 2.29. The Hall–Kier alpha value is -2.87. The topological polar surface area (TPSA) is 77.7 Å². The summed E-state index contributed by atoms with van der Waals surface area (Å²) in [5.74, 6) is 2.88. The number of ether oxygens (including phenoxy) is 2. The molecule has 0 N–H and O–H groups in total. The quantitative estimate of drug-likeness (QED) is 0.668. The summed E-state index contributed by atoms with van der Waals surface area (Å²) in [6, 6.07) is 9.50. The zero-order chi connectivity index (χ0) is 19.1. The van der Waals surface area contributed by atoms with E-state index in [4.69, 9.17) is 14.0 Å². The van der Waals surface area contributed by atoms with Crippen molar-refractivity contribution in [3.05, 3.63) is 46.0 Å². The summed E-state index contributed by atoms with van der Waals surface area (Å²) in [7, 11) is 0. The number of thiophene rings is 1. The second kappa shape index (κ2) is 6.94. The van der Waals surface area contributed by atoms with Crippen molar-refractivity contribution >= 4 is 17.2 Å². The third-order valence-electron chi connectivity index (χ3n) is 5.16. The minimum Gasteiger partial charge on any atom is -0.454 e. The molecule has 2 aliphatic rings. The van der Waals surface area contributed by atoms with E-state index in [1.165, 1.54) is 0 Å². The molecule has 1 saturated heterocycles. The molecule has 5 rings (SSSR count). The van der Waals surface area contributed by atoms with Crippen molar-refractivity contribution in [3.8, 4) is 22.9 Å². The number of aromatic nitrogens is 2. The van der Waals surface area contributed by atoms with Crippen LogP contribution in [0.3, 0.4) is 0 Å². The molecule has 144 valence electrons. The highest BCUT2D eigenvalue weighted by Crippen LogP contribution is 2.36. The number of likely N-dealkylation sites (tertiary alicyclic amines) is 1. The van der Waals surface area contributed by atoms with Crippen LogP contribution < -0.4 is 9.47 Å². The van der Waals surface area contributed by atoms with Crippen LogP contribution >= 0.6 is 11.3 Å². The van der Waals surface area contributed by atoms with Crippen molar-refractivity contribution in [2.75, 3.05) is 19.9 Å². The van der Waals surface area contributed by atoms with Crippen molar-refractivity contribution in [1.82, 2.24) is 15.0 Å². The van der Waals surface area contributed by atoms with Gasteiger partial charge in [-0.05, 0) is 50.1 Å². The van der Waals surface area contributed by atoms with Crippen LogP contribution in [0.2, 0.25) is 0 Å². The average molecular weight is 397 g/mol. The molecule has 0 aliphatic carbocycles. The summed E-state index contributed by atoms with van der Waals surface area (Å²) in [4.78, 5) is 21.1. The van der Waals surface area contributed by atoms with Crippen LogP contribution in [-0.4, -0.2) is 40.8 Å². The van der Waals surface area contributed by atoms with Gasteiger partial charge in [-0.3, -0.25) is 4.79 Å². The molecule has 0 radical (unpaired) electrons. The fourth-order valence-electron chi connectivity index (χ4n) is 3.59. The van der Waals surface area contributed by atoms with Gasteiger partial charge in [0.1, 0.15) is 0 Å². The molecule has 8 heteroatoms. The third-order valence-corrected chi connectivity index (χ3v) is 6.14. The predicted molar refractivity (Wildman–Crippen MR) is 103 cm³/mol. The van der Waals surface area contributed by atoms with E-state index in [0.717, 1.165) is 33.9 Å². The van der Waals surface area contributed by atoms with E-state index in [2.05, 4.69) is 10.1 Å². The third kappa shape index (κ3) is 3.13. The van der Waals surface area contributed by atoms with Gasteiger partial charge in [0, 0.05) is 29.4 Å². The number of aryl methyl sites for hydroxylation is 1. The lowest BCUT2D eigenvalue weighted by Gasteiger charge is -2.30. The maximum Gasteiger partial charge on any atom is 0.263 e. The maximum absolute atomic E-state index is 12.6. The Bertz CT molecular complexity index is 1020. The summed E-state index contributed by atoms with van der Waals surface area (Å²) in [5.41, 5.74) is 0.833. The Labute approximate surface area is 165 Å². The van der Waals surface area contributed by atoms with Crippen molar-refractivity contribution in [2.45, 2.75) is 25.7 Å². The molecule has 4 heterocycles. The molecule has 28 heavy (non-hydrogen) atoms. The van der Waals surface area contributed by atoms with Gasteiger partial charge in [0.15, 0.2) is 11.5 Å². The SMILES string of the molecule is Cc1ccc(C(=O)N2CCC(c3nc(-c4ccc5c(c4)OCO5)no3)CC2)s1. The summed E-state index contributed by atoms with van der Waals surface area (Å²) in [5, 5.41) is 4.13. The number of hydrogen-bond acceptors (Lipinski definition) is 7. The number of piperidine rings is 1. The first-order valence-electron chi connectivity index (χ1n) is 9.27. The van der Waals surface area contributed by atoms with Gasteiger partial charge in [-0.25, -0.2) is 0 Å². The first-order valence-corrected chi connectivity index (χ1v) is 10.1. The smallest absolute Gasteiger partial charge is 0.263 e. The van der Waals surface area contributed by atoms with E-state index in [-0.39, 0.29) is 18.6 Å². The number of amides is 1. The normalized spacial score (nSPS) is 16.5. The molecule has 2 aliphatic heterocycles. The Balaban J connectivity index is 1.25. The molecular formula is C20H19N3O4S. The zero-order valence-corrected chi connectivity index (χ0v) is 16.2. The molecule has 0 unspecified atom stereocenters. The fraction of sp³-hybridized carbons (Fsp3) is 0.350. The lowest BCUT2D eigenvalue weighted by molar-refractivity contribution is 0.0709. The van der Waals surface area contributed by atoms with Crippen LogP contribution in [0.15, 0.2) is 34.9 Å². The summed E-state index contributed by atoms with van der Waals surface area (Å²) < 4.78 is 16.3. The second-order valence-corrected chi connectivity index (χ2v) is 8.29. The summed E-state index contributed by atoms with van der Waals surface area (Å²) >= 11 is 1.54. The maximum atomic E-state index is 12.6. The van der Waals surface area contributed by atoms with E-state index >= 15 is 0 Å². The molecule has 2 aromatic heterocycles. The highest BCUT2D eigenvalue weighted by atomic mass is 32.1. The zero-order valence-electron chi connectivity index (χ0n) is 15.4. The molecule has 7 nitrogen and oxygen atoms in total. The lowest BCUT2D eigenvalue weighted by Crippen LogP contribution is -2.37. The van der Waals surface area contributed by atoms with Crippen LogP contribution in [0.1, 0.15) is 39.2 Å². The molecular weight excluding hydrogens is 378 g/mol. The second-order valence-electron chi connectivity index (χ2n) is 7.00. The average Bonchev–Trinajstić information content (AvgIpc) is 3.47. The first-order chi connectivity index (χ1) is 13.7. The summed E-state index contributed by atoms with van der Waals surface area (Å²) in [6.07, 6.45) is 1.64. The van der Waals surface area contributed by atoms with E-state index in [9.17, 15) is 4.79 Å². The number of benzene rings is 1. The van der Waals surface area contributed by atoms with Crippen molar-refractivity contribution in [2.24, 2.45) is 0 Å². The van der Waals surface area contributed by atoms with E-state index in [1.54, 1.807) is 11.3 Å². The number of hydrogen-bond donors (Lipinski definition) is 0. The van der Waals surface area contributed by atoms with Crippen LogP contribution in [0.25, 0.3) is 11.4 Å². The minimum absolute atomic E-state index is 0.114. The van der Waals surface area contributed by atoms with Crippen molar-refractivity contribution < 1.29 is 18.8 Å². The molecule has 1 fully saturated rings. The van der Waals surface area contributed by atoms with Crippen LogP contribution in [-0.2, 0) is 0 Å². The molecule has 0 spiro atoms. The molecule has 0 saturated carbocycles. The predicted octanol–water partition coefficient (Wildman–Crippen LogP) is 3.86. The van der Waals surface area contributed by atoms with Crippen molar-refractivity contribution in [1.29, 1.82) is 0 Å². The van der Waals surface area contributed by atoms with Gasteiger partial charge in [0.2, 0.25) is 18.5 Å². The monoisotopic (exact) mass is 397 g/mol. The number of rotatable bonds is 3. The van der Waals surface area contributed by atoms with Crippen LogP contribution in [0.5, 0.6) is 11.5 Å². The van der Waals surface area contributed by atoms with Gasteiger partial charge in [-0.15, -0.1) is 11.3 Å². The van der Waals surface area contributed by atoms with Gasteiger partial charge < -0.3 is 18.9 Å². The van der Waals surface area contributed by atoms with E-state index in [1.807, 2.05) is 42.2 Å². The molecule has 1 aromatic carbocycles. The van der Waals surface area contributed by atoms with Gasteiger partial charge in [-0.2, -0.15) is 4.98 Å². The largest absolute Gasteiger partial charge is 0.454 e. The lowest BCUT2D eigenvalue weighted by atomic mass is 9.96. The Morgan fingerprint density at radius 2 is 1.96 bits per heavy atom. The van der Waals surface area contributed by atoms with E-state index in [0.29, 0.717) is 30.6 Å². The first kappa shape index (κ1) is 17.2. The fourth-order valence-corrected chi connectivity index (χ4v) is 4.42. The molecule has 1 amide bonds.